The van der Waals surface area contributed by atoms with Crippen LogP contribution in [-0.4, -0.2) is 25.5 Å². The van der Waals surface area contributed by atoms with Crippen LogP contribution in [0.1, 0.15) is 37.8 Å². The molecule has 1 N–H and O–H groups in total. The smallest absolute Gasteiger partial charge is 0.101 e. The van der Waals surface area contributed by atoms with Crippen molar-refractivity contribution < 1.29 is 0 Å². The van der Waals surface area contributed by atoms with Gasteiger partial charge in [-0.3, -0.25) is 0 Å². The van der Waals surface area contributed by atoms with E-state index in [9.17, 15) is 0 Å². The predicted octanol–water partition coefficient (Wildman–Crippen LogP) is 4.63. The van der Waals surface area contributed by atoms with Crippen molar-refractivity contribution in [1.82, 2.24) is 10.2 Å². The maximum absolute atomic E-state index is 3.22. The maximum atomic E-state index is 3.22. The first-order valence-electron chi connectivity index (χ1n) is 8.80. The molecule has 0 aromatic heterocycles. The van der Waals surface area contributed by atoms with Crippen molar-refractivity contribution in [1.29, 1.82) is 0 Å². The number of dihydropyridines is 1. The molecule has 4 rings (SSSR count). The lowest BCUT2D eigenvalue weighted by molar-refractivity contribution is 0.467. The molecule has 0 fully saturated rings. The Kier molecular flexibility index (Phi) is 4.66. The number of nitrogens with one attached hydrogen (secondary N) is 1. The second kappa shape index (κ2) is 6.72. The molecule has 3 aliphatic rings. The molecular weight excluding hydrogens is 292 g/mol. The van der Waals surface area contributed by atoms with Gasteiger partial charge < -0.3 is 10.2 Å². The SMILES string of the molecule is CC1(C)C2=C(CCC=C2)c2ccccc21.CN(C)C1=CC=CCN1. The van der Waals surface area contributed by atoms with Crippen LogP contribution < -0.4 is 5.32 Å². The van der Waals surface area contributed by atoms with Crippen LogP contribution in [0.15, 0.2) is 66.0 Å². The summed E-state index contributed by atoms with van der Waals surface area (Å²) in [6, 6.07) is 8.87. The van der Waals surface area contributed by atoms with Crippen LogP contribution >= 0.6 is 0 Å². The number of rotatable bonds is 1. The molecule has 0 saturated heterocycles. The summed E-state index contributed by atoms with van der Waals surface area (Å²) in [7, 11) is 4.05. The molecule has 0 saturated carbocycles. The van der Waals surface area contributed by atoms with Gasteiger partial charge in [0, 0.05) is 26.1 Å². The zero-order valence-corrected chi connectivity index (χ0v) is 15.3. The molecule has 0 bridgehead atoms. The third kappa shape index (κ3) is 3.06. The van der Waals surface area contributed by atoms with E-state index in [1.165, 1.54) is 35.4 Å². The zero-order chi connectivity index (χ0) is 17.2. The van der Waals surface area contributed by atoms with Crippen LogP contribution in [0.4, 0.5) is 0 Å². The minimum absolute atomic E-state index is 0.211. The van der Waals surface area contributed by atoms with Crippen LogP contribution in [0.5, 0.6) is 0 Å². The predicted molar refractivity (Wildman–Crippen MR) is 104 cm³/mol. The largest absolute Gasteiger partial charge is 0.368 e. The quantitative estimate of drug-likeness (QED) is 0.811. The van der Waals surface area contributed by atoms with E-state index in [1.807, 2.05) is 14.1 Å². The topological polar surface area (TPSA) is 15.3 Å². The molecule has 1 heterocycles. The first-order valence-corrected chi connectivity index (χ1v) is 8.80. The fourth-order valence-electron chi connectivity index (χ4n) is 3.72. The number of hydrogen-bond acceptors (Lipinski definition) is 2. The molecule has 0 radical (unpaired) electrons. The lowest BCUT2D eigenvalue weighted by atomic mass is 9.80. The van der Waals surface area contributed by atoms with E-state index in [1.54, 1.807) is 5.57 Å². The molecule has 0 spiro atoms. The van der Waals surface area contributed by atoms with Gasteiger partial charge in [0.05, 0.1) is 0 Å². The Morgan fingerprint density at radius 2 is 1.88 bits per heavy atom. The average Bonchev–Trinajstić information content (AvgIpc) is 2.85. The van der Waals surface area contributed by atoms with Gasteiger partial charge in [-0.05, 0) is 41.2 Å². The van der Waals surface area contributed by atoms with Crippen molar-refractivity contribution in [3.05, 3.63) is 77.2 Å². The van der Waals surface area contributed by atoms with E-state index in [0.717, 1.165) is 6.54 Å². The Bertz CT molecular complexity index is 730. The fourth-order valence-corrected chi connectivity index (χ4v) is 3.72. The van der Waals surface area contributed by atoms with E-state index < -0.39 is 0 Å². The van der Waals surface area contributed by atoms with Crippen LogP contribution in [0.2, 0.25) is 0 Å². The Morgan fingerprint density at radius 3 is 2.54 bits per heavy atom. The first kappa shape index (κ1) is 16.6. The average molecular weight is 320 g/mol. The standard InChI is InChI=1S/C15H16.C7H12N2/c1-15(2)13-9-5-3-7-11(13)12-8-4-6-10-14(12)15;1-9(2)7-5-3-4-6-8-7/h3,5-7,9-10H,4,8H2,1-2H3;3-5,8H,6H2,1-2H3. The number of nitrogens with zero attached hydrogens (tertiary/aromatic N) is 1. The van der Waals surface area contributed by atoms with Gasteiger partial charge in [0.1, 0.15) is 5.82 Å². The van der Waals surface area contributed by atoms with E-state index in [-0.39, 0.29) is 5.41 Å². The summed E-state index contributed by atoms with van der Waals surface area (Å²) in [5, 5.41) is 3.22. The Morgan fingerprint density at radius 1 is 1.08 bits per heavy atom. The van der Waals surface area contributed by atoms with Gasteiger partial charge in [-0.25, -0.2) is 0 Å². The lowest BCUT2D eigenvalue weighted by Gasteiger charge is -2.23. The minimum atomic E-state index is 0.211. The van der Waals surface area contributed by atoms with Crippen molar-refractivity contribution in [3.8, 4) is 0 Å². The number of hydrogen-bond donors (Lipinski definition) is 1. The van der Waals surface area contributed by atoms with Gasteiger partial charge in [0.25, 0.3) is 0 Å². The molecule has 2 heteroatoms. The normalized spacial score (nSPS) is 19.6. The number of allylic oxidation sites excluding steroid dienone is 6. The van der Waals surface area contributed by atoms with Crippen molar-refractivity contribution >= 4 is 5.57 Å². The highest BCUT2D eigenvalue weighted by atomic mass is 15.2. The molecular formula is C22H28N2. The van der Waals surface area contributed by atoms with Crippen molar-refractivity contribution in [3.63, 3.8) is 0 Å². The monoisotopic (exact) mass is 320 g/mol. The number of benzene rings is 1. The maximum Gasteiger partial charge on any atom is 0.101 e. The van der Waals surface area contributed by atoms with E-state index >= 15 is 0 Å². The molecule has 24 heavy (non-hydrogen) atoms. The highest BCUT2D eigenvalue weighted by Crippen LogP contribution is 2.49. The molecule has 1 aliphatic heterocycles. The molecule has 0 atom stereocenters. The summed E-state index contributed by atoms with van der Waals surface area (Å²) in [6.45, 7) is 5.62. The van der Waals surface area contributed by atoms with Gasteiger partial charge in [-0.2, -0.15) is 0 Å². The summed E-state index contributed by atoms with van der Waals surface area (Å²) >= 11 is 0. The summed E-state index contributed by atoms with van der Waals surface area (Å²) in [5.74, 6) is 1.18. The van der Waals surface area contributed by atoms with Crippen molar-refractivity contribution in [2.45, 2.75) is 32.1 Å². The minimum Gasteiger partial charge on any atom is -0.368 e. The second-order valence-electron chi connectivity index (χ2n) is 7.26. The second-order valence-corrected chi connectivity index (χ2v) is 7.26. The van der Waals surface area contributed by atoms with E-state index in [4.69, 9.17) is 0 Å². The summed E-state index contributed by atoms with van der Waals surface area (Å²) < 4.78 is 0. The number of fused-ring (bicyclic) bond motifs is 2. The first-order chi connectivity index (χ1) is 11.5. The van der Waals surface area contributed by atoms with Crippen molar-refractivity contribution in [2.24, 2.45) is 0 Å². The van der Waals surface area contributed by atoms with Gasteiger partial charge in [-0.15, -0.1) is 0 Å². The summed E-state index contributed by atoms with van der Waals surface area (Å²) in [5.41, 5.74) is 6.32. The van der Waals surface area contributed by atoms with Gasteiger partial charge in [-0.1, -0.05) is 62.4 Å². The Labute approximate surface area is 146 Å². The molecule has 2 aliphatic carbocycles. The molecule has 0 amide bonds. The molecule has 0 unspecified atom stereocenters. The third-order valence-electron chi connectivity index (χ3n) is 5.04. The fraction of sp³-hybridized carbons (Fsp3) is 0.364. The molecule has 126 valence electrons. The lowest BCUT2D eigenvalue weighted by Crippen LogP contribution is -2.26. The van der Waals surface area contributed by atoms with Gasteiger partial charge in [0.2, 0.25) is 0 Å². The molecule has 1 aromatic carbocycles. The van der Waals surface area contributed by atoms with E-state index in [0.29, 0.717) is 0 Å². The molecule has 1 aromatic rings. The van der Waals surface area contributed by atoms with E-state index in [2.05, 4.69) is 78.7 Å². The molecule has 2 nitrogen and oxygen atoms in total. The van der Waals surface area contributed by atoms with Crippen molar-refractivity contribution in [2.75, 3.05) is 20.6 Å². The Balaban J connectivity index is 0.000000162. The Hall–Kier alpha value is -2.22. The van der Waals surface area contributed by atoms with Gasteiger partial charge in [0.15, 0.2) is 0 Å². The van der Waals surface area contributed by atoms with Crippen LogP contribution in [0, 0.1) is 0 Å². The zero-order valence-electron chi connectivity index (χ0n) is 15.3. The summed E-state index contributed by atoms with van der Waals surface area (Å²) in [6.07, 6.45) is 13.3. The highest BCUT2D eigenvalue weighted by Gasteiger charge is 2.36. The van der Waals surface area contributed by atoms with Gasteiger partial charge >= 0.3 is 0 Å². The van der Waals surface area contributed by atoms with Crippen LogP contribution in [0.25, 0.3) is 5.57 Å². The van der Waals surface area contributed by atoms with Crippen LogP contribution in [0.3, 0.4) is 0 Å². The third-order valence-corrected chi connectivity index (χ3v) is 5.04. The summed E-state index contributed by atoms with van der Waals surface area (Å²) in [4.78, 5) is 2.06. The highest BCUT2D eigenvalue weighted by molar-refractivity contribution is 5.83. The van der Waals surface area contributed by atoms with Crippen LogP contribution in [-0.2, 0) is 5.41 Å².